The number of fused-ring (bicyclic) bond motifs is 6. The smallest absolute Gasteiger partial charge is 0.155 e. The second-order valence-corrected chi connectivity index (χ2v) is 12.7. The summed E-state index contributed by atoms with van der Waals surface area (Å²) in [5.41, 5.74) is 10.7. The molecule has 0 bridgehead atoms. The molecule has 8 aromatic rings. The Balaban J connectivity index is 1.42. The average molecular weight is 598 g/mol. The van der Waals surface area contributed by atoms with Crippen LogP contribution in [0.15, 0.2) is 137 Å². The van der Waals surface area contributed by atoms with Crippen LogP contribution in [0.3, 0.4) is 0 Å². The molecule has 8 rings (SSSR count). The minimum atomic E-state index is 0.544. The van der Waals surface area contributed by atoms with Crippen LogP contribution in [0.2, 0.25) is 0 Å². The van der Waals surface area contributed by atoms with Crippen LogP contribution in [-0.2, 0) is 6.54 Å². The van der Waals surface area contributed by atoms with Crippen LogP contribution in [0.25, 0.3) is 58.8 Å². The SMILES string of the molecule is C=N/C(=N\Cc1ccccc1)c1cc(-n2c3ccccc3c3cc(-c4ccccc4C)c(C)cc32)cc2c1sc1ccccc12. The highest BCUT2D eigenvalue weighted by Gasteiger charge is 2.20. The first-order valence-electron chi connectivity index (χ1n) is 15.2. The molecule has 0 saturated carbocycles. The predicted molar refractivity (Wildman–Crippen MR) is 195 cm³/mol. The fourth-order valence-corrected chi connectivity index (χ4v) is 7.83. The lowest BCUT2D eigenvalue weighted by Crippen LogP contribution is -2.02. The van der Waals surface area contributed by atoms with E-state index < -0.39 is 0 Å². The molecule has 0 fully saturated rings. The number of aryl methyl sites for hydroxylation is 2. The van der Waals surface area contributed by atoms with Crippen molar-refractivity contribution in [2.75, 3.05) is 0 Å². The average Bonchev–Trinajstić information content (AvgIpc) is 3.60. The van der Waals surface area contributed by atoms with Crippen molar-refractivity contribution >= 4 is 65.9 Å². The van der Waals surface area contributed by atoms with E-state index in [1.165, 1.54) is 64.2 Å². The van der Waals surface area contributed by atoms with E-state index in [1.807, 2.05) is 18.2 Å². The molecule has 0 aliphatic heterocycles. The van der Waals surface area contributed by atoms with Gasteiger partial charge in [-0.25, -0.2) is 4.99 Å². The van der Waals surface area contributed by atoms with Gasteiger partial charge >= 0.3 is 0 Å². The first-order valence-corrected chi connectivity index (χ1v) is 16.0. The van der Waals surface area contributed by atoms with Gasteiger partial charge in [-0.15, -0.1) is 11.3 Å². The van der Waals surface area contributed by atoms with Crippen molar-refractivity contribution < 1.29 is 0 Å². The number of amidine groups is 1. The molecule has 0 radical (unpaired) electrons. The van der Waals surface area contributed by atoms with Crippen molar-refractivity contribution in [3.63, 3.8) is 0 Å². The highest BCUT2D eigenvalue weighted by molar-refractivity contribution is 7.26. The van der Waals surface area contributed by atoms with E-state index in [9.17, 15) is 0 Å². The maximum absolute atomic E-state index is 5.00. The lowest BCUT2D eigenvalue weighted by molar-refractivity contribution is 1.06. The molecular formula is C41H31N3S. The molecular weight excluding hydrogens is 567 g/mol. The highest BCUT2D eigenvalue weighted by Crippen LogP contribution is 2.41. The number of rotatable bonds is 5. The van der Waals surface area contributed by atoms with Crippen LogP contribution in [0.5, 0.6) is 0 Å². The number of benzene rings is 6. The summed E-state index contributed by atoms with van der Waals surface area (Å²) in [7, 11) is 0. The fourth-order valence-electron chi connectivity index (χ4n) is 6.64. The quantitative estimate of drug-likeness (QED) is 0.140. The summed E-state index contributed by atoms with van der Waals surface area (Å²) in [4.78, 5) is 9.51. The summed E-state index contributed by atoms with van der Waals surface area (Å²) in [6, 6.07) is 45.7. The van der Waals surface area contributed by atoms with Gasteiger partial charge in [0.1, 0.15) is 0 Å². The third-order valence-corrected chi connectivity index (χ3v) is 10.0. The number of aliphatic imine (C=N–C) groups is 2. The van der Waals surface area contributed by atoms with E-state index >= 15 is 0 Å². The van der Waals surface area contributed by atoms with Gasteiger partial charge in [0, 0.05) is 42.2 Å². The van der Waals surface area contributed by atoms with E-state index in [4.69, 9.17) is 4.99 Å². The van der Waals surface area contributed by atoms with Gasteiger partial charge in [0.25, 0.3) is 0 Å². The molecule has 0 aliphatic carbocycles. The Kier molecular flexibility index (Phi) is 6.66. The van der Waals surface area contributed by atoms with Crippen molar-refractivity contribution in [3.05, 3.63) is 150 Å². The maximum atomic E-state index is 5.00. The van der Waals surface area contributed by atoms with Crippen LogP contribution in [0.4, 0.5) is 0 Å². The van der Waals surface area contributed by atoms with Crippen LogP contribution in [0.1, 0.15) is 22.3 Å². The number of hydrogen-bond acceptors (Lipinski definition) is 2. The Morgan fingerprint density at radius 3 is 2.20 bits per heavy atom. The van der Waals surface area contributed by atoms with Gasteiger partial charge < -0.3 is 4.57 Å². The predicted octanol–water partition coefficient (Wildman–Crippen LogP) is 11.1. The van der Waals surface area contributed by atoms with Gasteiger partial charge in [-0.3, -0.25) is 4.99 Å². The zero-order valence-electron chi connectivity index (χ0n) is 25.3. The molecule has 2 heterocycles. The number of para-hydroxylation sites is 1. The van der Waals surface area contributed by atoms with Gasteiger partial charge in [-0.05, 0) is 84.8 Å². The van der Waals surface area contributed by atoms with E-state index in [-0.39, 0.29) is 0 Å². The molecule has 3 nitrogen and oxygen atoms in total. The third-order valence-electron chi connectivity index (χ3n) is 8.82. The number of thiophene rings is 1. The topological polar surface area (TPSA) is 29.6 Å². The third kappa shape index (κ3) is 4.57. The Bertz CT molecular complexity index is 2440. The lowest BCUT2D eigenvalue weighted by atomic mass is 9.95. The Morgan fingerprint density at radius 2 is 1.38 bits per heavy atom. The van der Waals surface area contributed by atoms with Crippen LogP contribution < -0.4 is 0 Å². The normalized spacial score (nSPS) is 12.1. The molecule has 2 aromatic heterocycles. The monoisotopic (exact) mass is 597 g/mol. The van der Waals surface area contributed by atoms with Gasteiger partial charge in [0.2, 0.25) is 0 Å². The Labute approximate surface area is 266 Å². The maximum Gasteiger partial charge on any atom is 0.155 e. The van der Waals surface area contributed by atoms with Crippen LogP contribution in [0, 0.1) is 13.8 Å². The standard InChI is InChI=1S/C41H31N3S/c1-26-13-7-8-16-30(26)33-24-34-31-17-9-11-19-37(31)44(38(34)21-27(33)2)29-22-35-32-18-10-12-20-39(32)45-40(35)36(23-29)41(42-3)43-25-28-14-5-4-6-15-28/h4-24H,3,25H2,1-2H3/b43-41-. The second-order valence-electron chi connectivity index (χ2n) is 11.6. The fraction of sp³-hybridized carbons (Fsp3) is 0.0732. The molecule has 0 unspecified atom stereocenters. The number of nitrogens with zero attached hydrogens (tertiary/aromatic N) is 3. The van der Waals surface area contributed by atoms with Crippen molar-refractivity contribution in [2.45, 2.75) is 20.4 Å². The lowest BCUT2D eigenvalue weighted by Gasteiger charge is -2.14. The zero-order valence-corrected chi connectivity index (χ0v) is 26.1. The molecule has 0 N–H and O–H groups in total. The van der Waals surface area contributed by atoms with Crippen molar-refractivity contribution in [1.29, 1.82) is 0 Å². The van der Waals surface area contributed by atoms with Crippen molar-refractivity contribution in [1.82, 2.24) is 4.57 Å². The molecule has 0 amide bonds. The van der Waals surface area contributed by atoms with Gasteiger partial charge in [-0.2, -0.15) is 0 Å². The minimum absolute atomic E-state index is 0.544. The molecule has 6 aromatic carbocycles. The van der Waals surface area contributed by atoms with Gasteiger partial charge in [0.05, 0.1) is 17.6 Å². The first kappa shape index (κ1) is 27.2. The van der Waals surface area contributed by atoms with Gasteiger partial charge in [-0.1, -0.05) is 91.0 Å². The van der Waals surface area contributed by atoms with Crippen molar-refractivity contribution in [2.24, 2.45) is 9.98 Å². The molecule has 0 aliphatic rings. The summed E-state index contributed by atoms with van der Waals surface area (Å²) in [6.45, 7) is 8.93. The molecule has 0 spiro atoms. The van der Waals surface area contributed by atoms with Crippen LogP contribution >= 0.6 is 11.3 Å². The second kappa shape index (κ2) is 11.0. The summed E-state index contributed by atoms with van der Waals surface area (Å²) >= 11 is 1.79. The van der Waals surface area contributed by atoms with E-state index in [1.54, 1.807) is 11.3 Å². The minimum Gasteiger partial charge on any atom is -0.309 e. The zero-order chi connectivity index (χ0) is 30.5. The Hall–Kier alpha value is -5.32. The summed E-state index contributed by atoms with van der Waals surface area (Å²) in [5, 5.41) is 4.93. The van der Waals surface area contributed by atoms with E-state index in [2.05, 4.69) is 139 Å². The molecule has 0 atom stereocenters. The van der Waals surface area contributed by atoms with Crippen LogP contribution in [-0.4, -0.2) is 17.1 Å². The van der Waals surface area contributed by atoms with E-state index in [0.717, 1.165) is 16.8 Å². The highest BCUT2D eigenvalue weighted by atomic mass is 32.1. The van der Waals surface area contributed by atoms with Gasteiger partial charge in [0.15, 0.2) is 5.84 Å². The largest absolute Gasteiger partial charge is 0.309 e. The summed E-state index contributed by atoms with van der Waals surface area (Å²) in [5.74, 6) is 0.663. The molecule has 0 saturated heterocycles. The first-order chi connectivity index (χ1) is 22.1. The molecule has 216 valence electrons. The summed E-state index contributed by atoms with van der Waals surface area (Å²) < 4.78 is 4.84. The Morgan fingerprint density at radius 1 is 0.644 bits per heavy atom. The summed E-state index contributed by atoms with van der Waals surface area (Å²) in [6.07, 6.45) is 0. The van der Waals surface area contributed by atoms with Crippen molar-refractivity contribution in [3.8, 4) is 16.8 Å². The molecule has 45 heavy (non-hydrogen) atoms. The number of aromatic nitrogens is 1. The molecule has 4 heteroatoms. The number of hydrogen-bond donors (Lipinski definition) is 0. The van der Waals surface area contributed by atoms with E-state index in [0.29, 0.717) is 12.4 Å².